The Kier molecular flexibility index (Phi) is 5.11. The summed E-state index contributed by atoms with van der Waals surface area (Å²) in [5.74, 6) is 0. The number of ether oxygens (including phenoxy) is 1. The van der Waals surface area contributed by atoms with Gasteiger partial charge in [0.1, 0.15) is 6.07 Å². The van der Waals surface area contributed by atoms with Crippen LogP contribution in [0.5, 0.6) is 0 Å². The second-order valence-electron chi connectivity index (χ2n) is 4.70. The molecule has 0 bridgehead atoms. The predicted molar refractivity (Wildman–Crippen MR) is 72.8 cm³/mol. The van der Waals surface area contributed by atoms with Gasteiger partial charge in [0.15, 0.2) is 0 Å². The van der Waals surface area contributed by atoms with Gasteiger partial charge in [0.25, 0.3) is 0 Å². The van der Waals surface area contributed by atoms with Crippen LogP contribution in [0.1, 0.15) is 30.8 Å². The first-order valence-corrected chi connectivity index (χ1v) is 6.16. The average molecular weight is 247 g/mol. The van der Waals surface area contributed by atoms with E-state index in [2.05, 4.69) is 11.1 Å². The topological polar surface area (TPSA) is 49.1 Å². The first-order valence-electron chi connectivity index (χ1n) is 6.16. The van der Waals surface area contributed by atoms with Crippen LogP contribution in [0.15, 0.2) is 6.07 Å². The van der Waals surface area contributed by atoms with Gasteiger partial charge in [-0.05, 0) is 33.8 Å². The molecule has 98 valence electrons. The molecule has 4 nitrogen and oxygen atoms in total. The van der Waals surface area contributed by atoms with Crippen molar-refractivity contribution in [2.45, 2.75) is 33.8 Å². The molecule has 0 aliphatic rings. The van der Waals surface area contributed by atoms with E-state index in [1.165, 1.54) is 0 Å². The number of pyridine rings is 1. The number of likely N-dealkylation sites (N-methyl/N-ethyl adjacent to an activating group) is 1. The molecule has 0 aliphatic heterocycles. The summed E-state index contributed by atoms with van der Waals surface area (Å²) < 4.78 is 5.53. The van der Waals surface area contributed by atoms with Crippen molar-refractivity contribution in [2.24, 2.45) is 0 Å². The van der Waals surface area contributed by atoms with Gasteiger partial charge in [0, 0.05) is 19.3 Å². The minimum absolute atomic E-state index is 0.231. The average Bonchev–Trinajstić information content (AvgIpc) is 2.27. The Morgan fingerprint density at radius 3 is 2.67 bits per heavy atom. The summed E-state index contributed by atoms with van der Waals surface area (Å²) in [5.41, 5.74) is 3.28. The highest BCUT2D eigenvalue weighted by Gasteiger charge is 2.12. The van der Waals surface area contributed by atoms with E-state index in [1.807, 2.05) is 45.7 Å². The Morgan fingerprint density at radius 1 is 1.44 bits per heavy atom. The Bertz CT molecular complexity index is 449. The number of aromatic nitrogens is 1. The standard InChI is InChI=1S/C14H21N3O/c1-10(2)18-7-6-17(5)14-8-11(3)16-12(4)13(14)9-15/h8,10H,6-7H2,1-5H3. The molecule has 0 saturated carbocycles. The highest BCUT2D eigenvalue weighted by Crippen LogP contribution is 2.21. The summed E-state index contributed by atoms with van der Waals surface area (Å²) in [6.45, 7) is 9.25. The maximum Gasteiger partial charge on any atom is 0.103 e. The van der Waals surface area contributed by atoms with Crippen molar-refractivity contribution in [3.63, 3.8) is 0 Å². The van der Waals surface area contributed by atoms with E-state index in [9.17, 15) is 5.26 Å². The van der Waals surface area contributed by atoms with Gasteiger partial charge in [-0.15, -0.1) is 0 Å². The van der Waals surface area contributed by atoms with Crippen LogP contribution in [0.25, 0.3) is 0 Å². The van der Waals surface area contributed by atoms with Gasteiger partial charge >= 0.3 is 0 Å². The maximum atomic E-state index is 9.20. The fourth-order valence-corrected chi connectivity index (χ4v) is 1.79. The molecular formula is C14H21N3O. The van der Waals surface area contributed by atoms with Gasteiger partial charge in [0.2, 0.25) is 0 Å². The molecule has 0 fully saturated rings. The molecule has 1 rings (SSSR count). The molecule has 4 heteroatoms. The Hall–Kier alpha value is -1.60. The zero-order valence-electron chi connectivity index (χ0n) is 11.8. The smallest absolute Gasteiger partial charge is 0.103 e. The van der Waals surface area contributed by atoms with Gasteiger partial charge < -0.3 is 9.64 Å². The Morgan fingerprint density at radius 2 is 2.11 bits per heavy atom. The molecule has 0 unspecified atom stereocenters. The van der Waals surface area contributed by atoms with Crippen molar-refractivity contribution in [3.8, 4) is 6.07 Å². The third-order valence-electron chi connectivity index (χ3n) is 2.71. The molecule has 0 aliphatic carbocycles. The molecular weight excluding hydrogens is 226 g/mol. The van der Waals surface area contributed by atoms with E-state index in [-0.39, 0.29) is 6.10 Å². The van der Waals surface area contributed by atoms with Crippen molar-refractivity contribution >= 4 is 5.69 Å². The van der Waals surface area contributed by atoms with E-state index >= 15 is 0 Å². The van der Waals surface area contributed by atoms with Crippen LogP contribution in [0.4, 0.5) is 5.69 Å². The van der Waals surface area contributed by atoms with Crippen molar-refractivity contribution < 1.29 is 4.74 Å². The number of hydrogen-bond acceptors (Lipinski definition) is 4. The fraction of sp³-hybridized carbons (Fsp3) is 0.571. The van der Waals surface area contributed by atoms with Crippen LogP contribution < -0.4 is 4.90 Å². The van der Waals surface area contributed by atoms with E-state index in [4.69, 9.17) is 4.74 Å². The third-order valence-corrected chi connectivity index (χ3v) is 2.71. The second-order valence-corrected chi connectivity index (χ2v) is 4.70. The second kappa shape index (κ2) is 6.36. The van der Waals surface area contributed by atoms with Gasteiger partial charge in [-0.25, -0.2) is 0 Å². The van der Waals surface area contributed by atoms with Crippen molar-refractivity contribution in [1.29, 1.82) is 5.26 Å². The molecule has 1 heterocycles. The number of nitrogens with zero attached hydrogens (tertiary/aromatic N) is 3. The van der Waals surface area contributed by atoms with Crippen LogP contribution in [-0.4, -0.2) is 31.3 Å². The molecule has 0 radical (unpaired) electrons. The summed E-state index contributed by atoms with van der Waals surface area (Å²) in [4.78, 5) is 6.36. The van der Waals surface area contributed by atoms with Gasteiger partial charge in [-0.3, -0.25) is 4.98 Å². The SMILES string of the molecule is Cc1cc(N(C)CCOC(C)C)c(C#N)c(C)n1. The molecule has 1 aromatic heterocycles. The number of nitriles is 1. The number of anilines is 1. The normalized spacial score (nSPS) is 10.5. The summed E-state index contributed by atoms with van der Waals surface area (Å²) in [6, 6.07) is 4.17. The molecule has 18 heavy (non-hydrogen) atoms. The van der Waals surface area contributed by atoms with Crippen molar-refractivity contribution in [2.75, 3.05) is 25.1 Å². The monoisotopic (exact) mass is 247 g/mol. The first-order chi connectivity index (χ1) is 8.45. The first kappa shape index (κ1) is 14.5. The largest absolute Gasteiger partial charge is 0.377 e. The minimum atomic E-state index is 0.231. The number of aryl methyl sites for hydroxylation is 2. The third kappa shape index (κ3) is 3.71. The van der Waals surface area contributed by atoms with Crippen LogP contribution in [0.2, 0.25) is 0 Å². The van der Waals surface area contributed by atoms with E-state index in [0.717, 1.165) is 23.6 Å². The fourth-order valence-electron chi connectivity index (χ4n) is 1.79. The zero-order chi connectivity index (χ0) is 13.7. The summed E-state index contributed by atoms with van der Waals surface area (Å²) >= 11 is 0. The molecule has 0 aromatic carbocycles. The highest BCUT2D eigenvalue weighted by atomic mass is 16.5. The number of rotatable bonds is 5. The van der Waals surface area contributed by atoms with E-state index in [0.29, 0.717) is 12.2 Å². The molecule has 0 spiro atoms. The maximum absolute atomic E-state index is 9.20. The summed E-state index contributed by atoms with van der Waals surface area (Å²) in [7, 11) is 1.97. The molecule has 0 N–H and O–H groups in total. The summed E-state index contributed by atoms with van der Waals surface area (Å²) in [5, 5.41) is 9.20. The van der Waals surface area contributed by atoms with Gasteiger partial charge in [-0.2, -0.15) is 5.26 Å². The lowest BCUT2D eigenvalue weighted by Crippen LogP contribution is -2.25. The van der Waals surface area contributed by atoms with Crippen LogP contribution in [0, 0.1) is 25.2 Å². The lowest BCUT2D eigenvalue weighted by Gasteiger charge is -2.22. The quantitative estimate of drug-likeness (QED) is 0.802. The van der Waals surface area contributed by atoms with Crippen molar-refractivity contribution in [3.05, 3.63) is 23.0 Å². The van der Waals surface area contributed by atoms with Crippen LogP contribution >= 0.6 is 0 Å². The van der Waals surface area contributed by atoms with Crippen LogP contribution in [0.3, 0.4) is 0 Å². The van der Waals surface area contributed by atoms with Crippen molar-refractivity contribution in [1.82, 2.24) is 4.98 Å². The Balaban J connectivity index is 2.85. The zero-order valence-corrected chi connectivity index (χ0v) is 11.8. The molecule has 0 saturated heterocycles. The van der Waals surface area contributed by atoms with Crippen LogP contribution in [-0.2, 0) is 4.74 Å². The van der Waals surface area contributed by atoms with E-state index < -0.39 is 0 Å². The van der Waals surface area contributed by atoms with Gasteiger partial charge in [0.05, 0.1) is 29.7 Å². The minimum Gasteiger partial charge on any atom is -0.377 e. The molecule has 0 amide bonds. The lowest BCUT2D eigenvalue weighted by atomic mass is 10.1. The predicted octanol–water partition coefficient (Wildman–Crippen LogP) is 2.43. The Labute approximate surface area is 109 Å². The summed E-state index contributed by atoms with van der Waals surface area (Å²) in [6.07, 6.45) is 0.231. The lowest BCUT2D eigenvalue weighted by molar-refractivity contribution is 0.0846. The molecule has 1 aromatic rings. The van der Waals surface area contributed by atoms with E-state index in [1.54, 1.807) is 0 Å². The number of hydrogen-bond donors (Lipinski definition) is 0. The highest BCUT2D eigenvalue weighted by molar-refractivity contribution is 5.61. The molecule has 0 atom stereocenters. The van der Waals surface area contributed by atoms with Gasteiger partial charge in [-0.1, -0.05) is 0 Å².